The van der Waals surface area contributed by atoms with Crippen LogP contribution < -0.4 is 0 Å². The van der Waals surface area contributed by atoms with Gasteiger partial charge in [-0.25, -0.2) is 4.79 Å². The van der Waals surface area contributed by atoms with E-state index in [-0.39, 0.29) is 23.6 Å². The number of aliphatic carboxylic acids is 1. The van der Waals surface area contributed by atoms with Crippen molar-refractivity contribution in [3.63, 3.8) is 0 Å². The van der Waals surface area contributed by atoms with Crippen LogP contribution in [0.2, 0.25) is 0 Å². The maximum atomic E-state index is 11.2. The van der Waals surface area contributed by atoms with Gasteiger partial charge in [-0.05, 0) is 6.92 Å². The van der Waals surface area contributed by atoms with Crippen LogP contribution in [0.25, 0.3) is 0 Å². The first-order valence-corrected chi connectivity index (χ1v) is 6.53. The van der Waals surface area contributed by atoms with Crippen LogP contribution in [0.5, 0.6) is 0 Å². The molecule has 0 aromatic rings. The first-order valence-electron chi connectivity index (χ1n) is 5.24. The first-order chi connectivity index (χ1) is 7.99. The third-order valence-electron chi connectivity index (χ3n) is 2.91. The van der Waals surface area contributed by atoms with Crippen LogP contribution in [-0.4, -0.2) is 49.3 Å². The molecule has 0 aromatic carbocycles. The van der Waals surface area contributed by atoms with Crippen LogP contribution >= 0.6 is 24.0 Å². The van der Waals surface area contributed by atoms with Gasteiger partial charge < -0.3 is 20.2 Å². The molecule has 3 N–H and O–H groups in total. The number of nitrogens with zero attached hydrogens (tertiary/aromatic N) is 1. The van der Waals surface area contributed by atoms with Gasteiger partial charge in [-0.2, -0.15) is 0 Å². The summed E-state index contributed by atoms with van der Waals surface area (Å²) in [7, 11) is 0. The molecule has 0 saturated carbocycles. The largest absolute Gasteiger partial charge is 0.477 e. The molecular weight excluding hydrogens is 262 g/mol. The minimum Gasteiger partial charge on any atom is -0.477 e. The Kier molecular flexibility index (Phi) is 3.44. The molecular formula is C10H13NO4S2. The minimum absolute atomic E-state index is 0.0915. The number of thioether (sulfide) groups is 1. The molecule has 0 aromatic heterocycles. The van der Waals surface area contributed by atoms with E-state index in [4.69, 9.17) is 22.4 Å². The van der Waals surface area contributed by atoms with Gasteiger partial charge in [-0.3, -0.25) is 0 Å². The Labute approximate surface area is 108 Å². The summed E-state index contributed by atoms with van der Waals surface area (Å²) >= 11 is 6.52. The van der Waals surface area contributed by atoms with Gasteiger partial charge >= 0.3 is 5.97 Å². The highest BCUT2D eigenvalue weighted by Gasteiger charge is 2.54. The van der Waals surface area contributed by atoms with E-state index in [0.717, 1.165) is 0 Å². The van der Waals surface area contributed by atoms with Crippen LogP contribution in [0.3, 0.4) is 0 Å². The number of hydrogen-bond acceptors (Lipinski definition) is 5. The van der Waals surface area contributed by atoms with Gasteiger partial charge in [0, 0.05) is 17.9 Å². The summed E-state index contributed by atoms with van der Waals surface area (Å²) in [5.41, 5.74) is 0.163. The van der Waals surface area contributed by atoms with E-state index in [1.807, 2.05) is 0 Å². The zero-order chi connectivity index (χ0) is 12.7. The Balaban J connectivity index is 2.26. The summed E-state index contributed by atoms with van der Waals surface area (Å²) in [5.74, 6) is -1.21. The maximum absolute atomic E-state index is 11.2. The molecule has 7 heteroatoms. The van der Waals surface area contributed by atoms with Gasteiger partial charge in [0.05, 0.1) is 22.4 Å². The molecule has 3 atom stereocenters. The molecule has 2 aliphatic rings. The van der Waals surface area contributed by atoms with Crippen molar-refractivity contribution >= 4 is 34.9 Å². The molecule has 2 aliphatic heterocycles. The van der Waals surface area contributed by atoms with Crippen molar-refractivity contribution in [3.05, 3.63) is 10.6 Å². The van der Waals surface area contributed by atoms with Gasteiger partial charge in [0.2, 0.25) is 0 Å². The molecule has 5 nitrogen and oxygen atoms in total. The summed E-state index contributed by atoms with van der Waals surface area (Å²) in [6.45, 7) is 1.56. The van der Waals surface area contributed by atoms with Gasteiger partial charge in [-0.15, -0.1) is 11.8 Å². The molecule has 2 heterocycles. The lowest BCUT2D eigenvalue weighted by molar-refractivity contribution is -0.134. The molecule has 2 rings (SSSR count). The summed E-state index contributed by atoms with van der Waals surface area (Å²) in [6, 6.07) is 0. The molecule has 1 unspecified atom stereocenters. The molecule has 0 spiro atoms. The highest BCUT2D eigenvalue weighted by molar-refractivity contribution is 8.04. The lowest BCUT2D eigenvalue weighted by atomic mass is 9.93. The van der Waals surface area contributed by atoms with E-state index < -0.39 is 12.1 Å². The number of aliphatic hydroxyl groups excluding tert-OH is 2. The van der Waals surface area contributed by atoms with Crippen LogP contribution in [0, 0.1) is 5.92 Å². The molecule has 0 radical (unpaired) electrons. The van der Waals surface area contributed by atoms with Crippen LogP contribution in [0.15, 0.2) is 10.6 Å². The van der Waals surface area contributed by atoms with E-state index in [1.54, 1.807) is 11.8 Å². The zero-order valence-corrected chi connectivity index (χ0v) is 10.8. The minimum atomic E-state index is -1.03. The predicted molar refractivity (Wildman–Crippen MR) is 67.4 cm³/mol. The van der Waals surface area contributed by atoms with Gasteiger partial charge in [0.15, 0.2) is 0 Å². The number of carboxylic acids is 1. The molecule has 94 valence electrons. The first kappa shape index (κ1) is 12.8. The third kappa shape index (κ3) is 1.87. The van der Waals surface area contributed by atoms with Crippen molar-refractivity contribution in [2.24, 2.45) is 5.92 Å². The monoisotopic (exact) mass is 275 g/mol. The van der Waals surface area contributed by atoms with Crippen molar-refractivity contribution < 1.29 is 20.1 Å². The Hall–Kier alpha value is -0.630. The van der Waals surface area contributed by atoms with Gasteiger partial charge in [0.1, 0.15) is 5.70 Å². The number of carboxylic acid groups (broad SMARTS) is 1. The second-order valence-electron chi connectivity index (χ2n) is 4.03. The fourth-order valence-corrected chi connectivity index (χ4v) is 4.44. The van der Waals surface area contributed by atoms with Crippen molar-refractivity contribution in [2.75, 3.05) is 6.61 Å². The molecule has 0 aliphatic carbocycles. The summed E-state index contributed by atoms with van der Waals surface area (Å²) in [5, 5.41) is 27.5. The zero-order valence-electron chi connectivity index (χ0n) is 9.16. The fraction of sp³-hybridized carbons (Fsp3) is 0.600. The lowest BCUT2D eigenvalue weighted by Crippen LogP contribution is -2.59. The maximum Gasteiger partial charge on any atom is 0.353 e. The van der Waals surface area contributed by atoms with Gasteiger partial charge in [0.25, 0.3) is 0 Å². The second-order valence-corrected chi connectivity index (χ2v) is 5.66. The number of aliphatic hydroxyl groups is 2. The number of hydrogen-bond donors (Lipinski definition) is 3. The average molecular weight is 275 g/mol. The molecule has 1 fully saturated rings. The van der Waals surface area contributed by atoms with E-state index in [2.05, 4.69) is 0 Å². The van der Waals surface area contributed by atoms with Crippen molar-refractivity contribution in [1.29, 1.82) is 0 Å². The average Bonchev–Trinajstić information content (AvgIpc) is 2.53. The summed E-state index contributed by atoms with van der Waals surface area (Å²) in [4.78, 5) is 13.9. The molecule has 0 amide bonds. The van der Waals surface area contributed by atoms with Crippen molar-refractivity contribution in [1.82, 2.24) is 4.90 Å². The van der Waals surface area contributed by atoms with E-state index in [9.17, 15) is 9.90 Å². The van der Waals surface area contributed by atoms with E-state index in [0.29, 0.717) is 16.3 Å². The highest BCUT2D eigenvalue weighted by Crippen LogP contribution is 2.51. The van der Waals surface area contributed by atoms with Crippen LogP contribution in [-0.2, 0) is 4.79 Å². The fourth-order valence-electron chi connectivity index (χ4n) is 2.13. The normalized spacial score (nSPS) is 29.1. The Morgan fingerprint density at radius 2 is 2.29 bits per heavy atom. The standard InChI is InChI=1S/C10H13NO4S2/c1-4(13)6-8(16)11-7(10(14)15)5(2-3-12)17-9(6)11/h4,6,9,12-13H,2-3H2,1H3,(H,14,15)/t4?,6-,9-/m1/s1. The number of fused-ring (bicyclic) bond motifs is 1. The molecule has 1 saturated heterocycles. The quantitative estimate of drug-likeness (QED) is 0.640. The third-order valence-corrected chi connectivity index (χ3v) is 4.81. The van der Waals surface area contributed by atoms with Crippen LogP contribution in [0.1, 0.15) is 13.3 Å². The van der Waals surface area contributed by atoms with Gasteiger partial charge in [-0.1, -0.05) is 12.2 Å². The number of rotatable bonds is 4. The topological polar surface area (TPSA) is 81.0 Å². The Bertz CT molecular complexity index is 407. The Morgan fingerprint density at radius 3 is 2.76 bits per heavy atom. The van der Waals surface area contributed by atoms with Crippen molar-refractivity contribution in [2.45, 2.75) is 24.8 Å². The van der Waals surface area contributed by atoms with E-state index in [1.165, 1.54) is 11.8 Å². The van der Waals surface area contributed by atoms with Crippen LogP contribution in [0.4, 0.5) is 0 Å². The lowest BCUT2D eigenvalue weighted by Gasteiger charge is -2.46. The van der Waals surface area contributed by atoms with Crippen molar-refractivity contribution in [3.8, 4) is 0 Å². The highest BCUT2D eigenvalue weighted by atomic mass is 32.2. The van der Waals surface area contributed by atoms with E-state index >= 15 is 0 Å². The SMILES string of the molecule is CC(O)[C@@H]1C(=S)N2C(C(=O)O)=C(CCO)S[C@H]12. The smallest absolute Gasteiger partial charge is 0.353 e. The number of thiocarbonyl (C=S) groups is 1. The summed E-state index contributed by atoms with van der Waals surface area (Å²) < 4.78 is 0. The Morgan fingerprint density at radius 1 is 1.65 bits per heavy atom. The summed E-state index contributed by atoms with van der Waals surface area (Å²) in [6.07, 6.45) is -0.270. The number of carbonyl (C=O) groups is 1. The predicted octanol–water partition coefficient (Wildman–Crippen LogP) is 0.378. The molecule has 0 bridgehead atoms. The molecule has 17 heavy (non-hydrogen) atoms. The second kappa shape index (κ2) is 4.56.